The van der Waals surface area contributed by atoms with Crippen molar-refractivity contribution in [3.63, 3.8) is 0 Å². The standard InChI is InChI=1S/C36H36O4/c1-2-32-23-33(37-24-28-15-7-3-8-16-28)35(39-26-30-19-11-5-12-20-30)36(40-27-31-21-13-6-14-22-31)34(32)38-25-29-17-9-4-10-18-29/h2-23,33-36H,1,24-27H2/t33-,34+,35+,36-/m1/s1. The van der Waals surface area contributed by atoms with E-state index in [1.54, 1.807) is 0 Å². The van der Waals surface area contributed by atoms with Crippen LogP contribution in [0.1, 0.15) is 22.3 Å². The third kappa shape index (κ3) is 7.65. The molecule has 0 radical (unpaired) electrons. The molecule has 0 bridgehead atoms. The van der Waals surface area contributed by atoms with Crippen molar-refractivity contribution in [3.05, 3.63) is 168 Å². The quantitative estimate of drug-likeness (QED) is 0.179. The Morgan fingerprint density at radius 3 is 1.27 bits per heavy atom. The summed E-state index contributed by atoms with van der Waals surface area (Å²) in [6.45, 7) is 5.88. The second kappa shape index (κ2) is 14.5. The molecule has 1 aliphatic rings. The predicted molar refractivity (Wildman–Crippen MR) is 158 cm³/mol. The molecule has 0 heterocycles. The molecular formula is C36H36O4. The third-order valence-corrected chi connectivity index (χ3v) is 7.00. The smallest absolute Gasteiger partial charge is 0.117 e. The van der Waals surface area contributed by atoms with E-state index in [1.165, 1.54) is 0 Å². The first-order chi connectivity index (χ1) is 19.8. The van der Waals surface area contributed by atoms with Crippen LogP contribution in [0.4, 0.5) is 0 Å². The summed E-state index contributed by atoms with van der Waals surface area (Å²) in [6, 6.07) is 40.7. The zero-order valence-corrected chi connectivity index (χ0v) is 22.7. The molecule has 1 aliphatic carbocycles. The summed E-state index contributed by atoms with van der Waals surface area (Å²) in [7, 11) is 0. The average molecular weight is 533 g/mol. The summed E-state index contributed by atoms with van der Waals surface area (Å²) in [6.07, 6.45) is 2.38. The highest BCUT2D eigenvalue weighted by Crippen LogP contribution is 2.32. The molecule has 4 nitrogen and oxygen atoms in total. The lowest BCUT2D eigenvalue weighted by Gasteiger charge is -2.41. The van der Waals surface area contributed by atoms with Gasteiger partial charge in [-0.15, -0.1) is 0 Å². The molecule has 4 heteroatoms. The van der Waals surface area contributed by atoms with Crippen molar-refractivity contribution in [3.8, 4) is 0 Å². The minimum Gasteiger partial charge on any atom is -0.368 e. The molecule has 40 heavy (non-hydrogen) atoms. The summed E-state index contributed by atoms with van der Waals surface area (Å²) >= 11 is 0. The first-order valence-corrected chi connectivity index (χ1v) is 13.8. The Morgan fingerprint density at radius 1 is 0.475 bits per heavy atom. The van der Waals surface area contributed by atoms with Crippen LogP contribution >= 0.6 is 0 Å². The number of benzene rings is 4. The average Bonchev–Trinajstić information content (AvgIpc) is 3.03. The van der Waals surface area contributed by atoms with E-state index < -0.39 is 12.2 Å². The van der Waals surface area contributed by atoms with Gasteiger partial charge in [-0.25, -0.2) is 0 Å². The lowest BCUT2D eigenvalue weighted by molar-refractivity contribution is -0.180. The van der Waals surface area contributed by atoms with Gasteiger partial charge in [-0.3, -0.25) is 0 Å². The van der Waals surface area contributed by atoms with Gasteiger partial charge in [0.25, 0.3) is 0 Å². The van der Waals surface area contributed by atoms with E-state index in [1.807, 2.05) is 78.9 Å². The number of hydrogen-bond donors (Lipinski definition) is 0. The fourth-order valence-corrected chi connectivity index (χ4v) is 4.88. The van der Waals surface area contributed by atoms with Crippen LogP contribution in [-0.2, 0) is 45.4 Å². The van der Waals surface area contributed by atoms with E-state index in [0.717, 1.165) is 27.8 Å². The van der Waals surface area contributed by atoms with E-state index in [-0.39, 0.29) is 12.2 Å². The van der Waals surface area contributed by atoms with Gasteiger partial charge in [0.1, 0.15) is 24.4 Å². The minimum atomic E-state index is -0.425. The van der Waals surface area contributed by atoms with Crippen LogP contribution in [0.15, 0.2) is 146 Å². The van der Waals surface area contributed by atoms with Gasteiger partial charge < -0.3 is 18.9 Å². The van der Waals surface area contributed by atoms with Gasteiger partial charge in [-0.05, 0) is 33.9 Å². The molecule has 0 saturated heterocycles. The monoisotopic (exact) mass is 532 g/mol. The van der Waals surface area contributed by atoms with Gasteiger partial charge in [-0.2, -0.15) is 0 Å². The maximum Gasteiger partial charge on any atom is 0.117 e. The Balaban J connectivity index is 1.44. The van der Waals surface area contributed by atoms with Crippen molar-refractivity contribution >= 4 is 0 Å². The largest absolute Gasteiger partial charge is 0.368 e. The second-order valence-electron chi connectivity index (χ2n) is 9.87. The van der Waals surface area contributed by atoms with Crippen LogP contribution in [-0.4, -0.2) is 24.4 Å². The Hall–Kier alpha value is -3.80. The number of hydrogen-bond acceptors (Lipinski definition) is 4. The molecule has 0 N–H and O–H groups in total. The lowest BCUT2D eigenvalue weighted by atomic mass is 9.88. The lowest BCUT2D eigenvalue weighted by Crippen LogP contribution is -2.52. The summed E-state index contributed by atoms with van der Waals surface area (Å²) < 4.78 is 26.4. The fourth-order valence-electron chi connectivity index (χ4n) is 4.88. The highest BCUT2D eigenvalue weighted by atomic mass is 16.6. The van der Waals surface area contributed by atoms with Gasteiger partial charge in [0, 0.05) is 0 Å². The van der Waals surface area contributed by atoms with Crippen molar-refractivity contribution in [2.45, 2.75) is 50.8 Å². The molecular weight excluding hydrogens is 496 g/mol. The molecule has 4 aromatic rings. The highest BCUT2D eigenvalue weighted by Gasteiger charge is 2.42. The molecule has 4 aromatic carbocycles. The molecule has 0 spiro atoms. The molecule has 204 valence electrons. The van der Waals surface area contributed by atoms with Gasteiger partial charge in [0.2, 0.25) is 0 Å². The van der Waals surface area contributed by atoms with E-state index in [0.29, 0.717) is 26.4 Å². The van der Waals surface area contributed by atoms with Crippen LogP contribution in [0, 0.1) is 0 Å². The molecule has 0 unspecified atom stereocenters. The Labute approximate surface area is 237 Å². The maximum atomic E-state index is 6.67. The molecule has 5 rings (SSSR count). The van der Waals surface area contributed by atoms with E-state index in [2.05, 4.69) is 61.2 Å². The van der Waals surface area contributed by atoms with Crippen LogP contribution in [0.2, 0.25) is 0 Å². The number of rotatable bonds is 13. The zero-order chi connectivity index (χ0) is 27.4. The van der Waals surface area contributed by atoms with E-state index >= 15 is 0 Å². The topological polar surface area (TPSA) is 36.9 Å². The van der Waals surface area contributed by atoms with Crippen molar-refractivity contribution in [1.82, 2.24) is 0 Å². The van der Waals surface area contributed by atoms with Gasteiger partial charge in [-0.1, -0.05) is 134 Å². The van der Waals surface area contributed by atoms with Gasteiger partial charge in [0.15, 0.2) is 0 Å². The second-order valence-corrected chi connectivity index (χ2v) is 9.87. The Bertz CT molecular complexity index is 1320. The molecule has 0 fully saturated rings. The summed E-state index contributed by atoms with van der Waals surface area (Å²) in [5.74, 6) is 0. The first kappa shape index (κ1) is 27.8. The van der Waals surface area contributed by atoms with Crippen LogP contribution in [0.3, 0.4) is 0 Å². The van der Waals surface area contributed by atoms with Crippen molar-refractivity contribution in [2.24, 2.45) is 0 Å². The Morgan fingerprint density at radius 2 is 0.850 bits per heavy atom. The molecule has 4 atom stereocenters. The third-order valence-electron chi connectivity index (χ3n) is 7.00. The van der Waals surface area contributed by atoms with Crippen LogP contribution < -0.4 is 0 Å². The normalized spacial score (nSPS) is 20.6. The molecule has 0 saturated carbocycles. The number of ether oxygens (including phenoxy) is 4. The van der Waals surface area contributed by atoms with E-state index in [9.17, 15) is 0 Å². The predicted octanol–water partition coefficient (Wildman–Crippen LogP) is 7.45. The van der Waals surface area contributed by atoms with Crippen LogP contribution in [0.5, 0.6) is 0 Å². The summed E-state index contributed by atoms with van der Waals surface area (Å²) in [4.78, 5) is 0. The van der Waals surface area contributed by atoms with Gasteiger partial charge >= 0.3 is 0 Å². The summed E-state index contributed by atoms with van der Waals surface area (Å²) in [5, 5.41) is 0. The van der Waals surface area contributed by atoms with Gasteiger partial charge in [0.05, 0.1) is 26.4 Å². The van der Waals surface area contributed by atoms with Crippen LogP contribution in [0.25, 0.3) is 0 Å². The zero-order valence-electron chi connectivity index (χ0n) is 22.7. The highest BCUT2D eigenvalue weighted by molar-refractivity contribution is 5.30. The first-order valence-electron chi connectivity index (χ1n) is 13.8. The van der Waals surface area contributed by atoms with Crippen molar-refractivity contribution < 1.29 is 18.9 Å². The maximum absolute atomic E-state index is 6.67. The Kier molecular flexibility index (Phi) is 10.1. The molecule has 0 aliphatic heterocycles. The molecule has 0 amide bonds. The molecule has 0 aromatic heterocycles. The summed E-state index contributed by atoms with van der Waals surface area (Å²) in [5.41, 5.74) is 5.31. The van der Waals surface area contributed by atoms with Crippen molar-refractivity contribution in [2.75, 3.05) is 0 Å². The van der Waals surface area contributed by atoms with Crippen molar-refractivity contribution in [1.29, 1.82) is 0 Å². The minimum absolute atomic E-state index is 0.353. The van der Waals surface area contributed by atoms with E-state index in [4.69, 9.17) is 18.9 Å². The SMILES string of the molecule is C=CC1=C[C@@H](OCc2ccccc2)[C@H](OCc2ccccc2)[C@H](OCc2ccccc2)[C@H]1OCc1ccccc1. The fraction of sp³-hybridized carbons (Fsp3) is 0.222.